The topological polar surface area (TPSA) is 90.1 Å². The SMILES string of the molecule is CN(C)C(=O)CCc1ccccc1NC(=O)Nc1n[nH]c(=S)s1. The molecular formula is C14H17N5O2S2. The Hall–Kier alpha value is -2.26. The summed E-state index contributed by atoms with van der Waals surface area (Å²) in [7, 11) is 3.44. The molecular weight excluding hydrogens is 334 g/mol. The molecule has 23 heavy (non-hydrogen) atoms. The molecule has 0 spiro atoms. The van der Waals surface area contributed by atoms with E-state index in [1.807, 2.05) is 18.2 Å². The number of hydrogen-bond donors (Lipinski definition) is 3. The van der Waals surface area contributed by atoms with Crippen molar-refractivity contribution in [3.63, 3.8) is 0 Å². The van der Waals surface area contributed by atoms with Gasteiger partial charge in [0.25, 0.3) is 0 Å². The van der Waals surface area contributed by atoms with Gasteiger partial charge in [-0.2, -0.15) is 0 Å². The number of aromatic amines is 1. The van der Waals surface area contributed by atoms with Crippen molar-refractivity contribution in [2.45, 2.75) is 12.8 Å². The van der Waals surface area contributed by atoms with Crippen molar-refractivity contribution in [3.8, 4) is 0 Å². The lowest BCUT2D eigenvalue weighted by molar-refractivity contribution is -0.128. The highest BCUT2D eigenvalue weighted by atomic mass is 32.1. The molecule has 9 heteroatoms. The van der Waals surface area contributed by atoms with E-state index in [0.717, 1.165) is 5.56 Å². The summed E-state index contributed by atoms with van der Waals surface area (Å²) in [5, 5.41) is 12.2. The van der Waals surface area contributed by atoms with Gasteiger partial charge in [-0.1, -0.05) is 29.5 Å². The minimum Gasteiger partial charge on any atom is -0.349 e. The molecule has 2 aromatic rings. The summed E-state index contributed by atoms with van der Waals surface area (Å²) < 4.78 is 0.489. The molecule has 3 amide bonds. The third-order valence-electron chi connectivity index (χ3n) is 3.03. The molecule has 0 saturated carbocycles. The lowest BCUT2D eigenvalue weighted by Crippen LogP contribution is -2.23. The highest BCUT2D eigenvalue weighted by Crippen LogP contribution is 2.18. The summed E-state index contributed by atoms with van der Waals surface area (Å²) >= 11 is 6.08. The van der Waals surface area contributed by atoms with E-state index in [0.29, 0.717) is 27.6 Å². The summed E-state index contributed by atoms with van der Waals surface area (Å²) in [5.74, 6) is 0.0422. The predicted octanol–water partition coefficient (Wildman–Crippen LogP) is 2.87. The van der Waals surface area contributed by atoms with Crippen LogP contribution in [-0.4, -0.2) is 41.1 Å². The van der Waals surface area contributed by atoms with E-state index in [-0.39, 0.29) is 5.91 Å². The maximum Gasteiger partial charge on any atom is 0.325 e. The first kappa shape index (κ1) is 17.1. The van der Waals surface area contributed by atoms with Crippen LogP contribution in [0.15, 0.2) is 24.3 Å². The van der Waals surface area contributed by atoms with Gasteiger partial charge >= 0.3 is 6.03 Å². The molecule has 7 nitrogen and oxygen atoms in total. The number of carbonyl (C=O) groups is 2. The monoisotopic (exact) mass is 351 g/mol. The Bertz CT molecular complexity index is 753. The lowest BCUT2D eigenvalue weighted by atomic mass is 10.1. The minimum atomic E-state index is -0.408. The zero-order chi connectivity index (χ0) is 16.8. The van der Waals surface area contributed by atoms with Gasteiger partial charge in [0, 0.05) is 26.2 Å². The Morgan fingerprint density at radius 3 is 2.70 bits per heavy atom. The van der Waals surface area contributed by atoms with Crippen LogP contribution in [0.2, 0.25) is 0 Å². The Morgan fingerprint density at radius 2 is 2.04 bits per heavy atom. The number of aromatic nitrogens is 2. The molecule has 0 aliphatic heterocycles. The van der Waals surface area contributed by atoms with Crippen LogP contribution in [0.4, 0.5) is 15.6 Å². The summed E-state index contributed by atoms with van der Waals surface area (Å²) in [6, 6.07) is 6.97. The number of benzene rings is 1. The van der Waals surface area contributed by atoms with Crippen molar-refractivity contribution in [3.05, 3.63) is 33.8 Å². The number of para-hydroxylation sites is 1. The van der Waals surface area contributed by atoms with E-state index in [1.54, 1.807) is 25.1 Å². The van der Waals surface area contributed by atoms with Gasteiger partial charge in [0.2, 0.25) is 11.0 Å². The molecule has 0 aliphatic rings. The van der Waals surface area contributed by atoms with Crippen LogP contribution in [0.3, 0.4) is 0 Å². The van der Waals surface area contributed by atoms with Gasteiger partial charge in [0.05, 0.1) is 0 Å². The van der Waals surface area contributed by atoms with E-state index in [4.69, 9.17) is 12.2 Å². The maximum atomic E-state index is 12.0. The van der Waals surface area contributed by atoms with Crippen LogP contribution in [0, 0.1) is 3.95 Å². The molecule has 0 atom stereocenters. The molecule has 0 aliphatic carbocycles. The summed E-state index contributed by atoms with van der Waals surface area (Å²) in [4.78, 5) is 25.3. The highest BCUT2D eigenvalue weighted by molar-refractivity contribution is 7.73. The number of nitrogens with zero attached hydrogens (tertiary/aromatic N) is 2. The zero-order valence-electron chi connectivity index (χ0n) is 12.8. The van der Waals surface area contributed by atoms with Gasteiger partial charge in [-0.15, -0.1) is 5.10 Å². The van der Waals surface area contributed by atoms with Gasteiger partial charge in [-0.05, 0) is 30.3 Å². The van der Waals surface area contributed by atoms with Crippen molar-refractivity contribution in [2.75, 3.05) is 24.7 Å². The van der Waals surface area contributed by atoms with Gasteiger partial charge in [0.15, 0.2) is 3.95 Å². The Kier molecular flexibility index (Phi) is 5.83. The normalized spacial score (nSPS) is 10.2. The molecule has 0 fully saturated rings. The van der Waals surface area contributed by atoms with E-state index in [9.17, 15) is 9.59 Å². The number of carbonyl (C=O) groups excluding carboxylic acids is 2. The fraction of sp³-hybridized carbons (Fsp3) is 0.286. The standard InChI is InChI=1S/C14H17N5O2S2/c1-19(2)11(20)8-7-9-5-3-4-6-10(9)15-12(21)16-13-17-18-14(22)23-13/h3-6H,7-8H2,1-2H3,(H,18,22)(H2,15,16,17,21). The first-order valence-corrected chi connectivity index (χ1v) is 8.10. The number of nitrogens with one attached hydrogen (secondary N) is 3. The fourth-order valence-electron chi connectivity index (χ4n) is 1.86. The number of hydrogen-bond acceptors (Lipinski definition) is 5. The molecule has 2 rings (SSSR count). The average molecular weight is 351 g/mol. The molecule has 0 unspecified atom stereocenters. The second-order valence-corrected chi connectivity index (χ2v) is 6.61. The second-order valence-electron chi connectivity index (χ2n) is 4.94. The van der Waals surface area contributed by atoms with Crippen LogP contribution >= 0.6 is 23.6 Å². The number of amides is 3. The van der Waals surface area contributed by atoms with Gasteiger partial charge in [-0.3, -0.25) is 15.2 Å². The molecule has 0 bridgehead atoms. The third kappa shape index (κ3) is 5.15. The van der Waals surface area contributed by atoms with E-state index < -0.39 is 6.03 Å². The van der Waals surface area contributed by atoms with E-state index in [1.165, 1.54) is 11.3 Å². The predicted molar refractivity (Wildman–Crippen MR) is 93.4 cm³/mol. The summed E-state index contributed by atoms with van der Waals surface area (Å²) in [5.41, 5.74) is 1.56. The number of anilines is 2. The largest absolute Gasteiger partial charge is 0.349 e. The highest BCUT2D eigenvalue weighted by Gasteiger charge is 2.10. The van der Waals surface area contributed by atoms with E-state index in [2.05, 4.69) is 20.8 Å². The second kappa shape index (κ2) is 7.84. The minimum absolute atomic E-state index is 0.0422. The first-order valence-electron chi connectivity index (χ1n) is 6.87. The molecule has 0 radical (unpaired) electrons. The molecule has 1 aromatic heterocycles. The van der Waals surface area contributed by atoms with Crippen LogP contribution in [0.25, 0.3) is 0 Å². The number of rotatable bonds is 5. The maximum absolute atomic E-state index is 12.0. The smallest absolute Gasteiger partial charge is 0.325 e. The van der Waals surface area contributed by atoms with Crippen molar-refractivity contribution in [1.29, 1.82) is 0 Å². The van der Waals surface area contributed by atoms with Crippen molar-refractivity contribution >= 4 is 46.3 Å². The Labute approximate surface area is 142 Å². The lowest BCUT2D eigenvalue weighted by Gasteiger charge is -2.13. The Morgan fingerprint density at radius 1 is 1.30 bits per heavy atom. The quantitative estimate of drug-likeness (QED) is 0.723. The average Bonchev–Trinajstić information content (AvgIpc) is 2.90. The zero-order valence-corrected chi connectivity index (χ0v) is 14.4. The number of H-pyrrole nitrogens is 1. The number of aryl methyl sites for hydroxylation is 1. The van der Waals surface area contributed by atoms with Crippen molar-refractivity contribution in [1.82, 2.24) is 15.1 Å². The van der Waals surface area contributed by atoms with Gasteiger partial charge in [0.1, 0.15) is 0 Å². The molecule has 1 heterocycles. The van der Waals surface area contributed by atoms with Crippen molar-refractivity contribution < 1.29 is 9.59 Å². The molecule has 3 N–H and O–H groups in total. The molecule has 122 valence electrons. The molecule has 1 aromatic carbocycles. The van der Waals surface area contributed by atoms with E-state index >= 15 is 0 Å². The third-order valence-corrected chi connectivity index (χ3v) is 4.04. The van der Waals surface area contributed by atoms with Crippen molar-refractivity contribution in [2.24, 2.45) is 0 Å². The van der Waals surface area contributed by atoms with Crippen LogP contribution in [0.1, 0.15) is 12.0 Å². The molecule has 0 saturated heterocycles. The van der Waals surface area contributed by atoms with Crippen LogP contribution < -0.4 is 10.6 Å². The fourth-order valence-corrected chi connectivity index (χ4v) is 2.64. The summed E-state index contributed by atoms with van der Waals surface area (Å²) in [6.07, 6.45) is 0.933. The number of urea groups is 1. The van der Waals surface area contributed by atoms with Gasteiger partial charge in [-0.25, -0.2) is 4.79 Å². The Balaban J connectivity index is 2.00. The summed E-state index contributed by atoms with van der Waals surface area (Å²) in [6.45, 7) is 0. The first-order chi connectivity index (χ1) is 11.0. The van der Waals surface area contributed by atoms with Crippen LogP contribution in [-0.2, 0) is 11.2 Å². The van der Waals surface area contributed by atoms with Crippen LogP contribution in [0.5, 0.6) is 0 Å². The van der Waals surface area contributed by atoms with Gasteiger partial charge < -0.3 is 10.2 Å².